The molecule has 1 aromatic carbocycles. The van der Waals surface area contributed by atoms with Crippen molar-refractivity contribution in [3.63, 3.8) is 0 Å². The van der Waals surface area contributed by atoms with Crippen molar-refractivity contribution in [2.75, 3.05) is 10.6 Å². The zero-order valence-corrected chi connectivity index (χ0v) is 18.7. The van der Waals surface area contributed by atoms with Crippen LogP contribution in [-0.2, 0) is 11.3 Å². The molecule has 0 spiro atoms. The molecule has 6 rings (SSSR count). The van der Waals surface area contributed by atoms with Gasteiger partial charge in [-0.2, -0.15) is 30.9 Å². The summed E-state index contributed by atoms with van der Waals surface area (Å²) >= 11 is 1.67. The Balaban J connectivity index is 1.34. The topological polar surface area (TPSA) is 125 Å². The van der Waals surface area contributed by atoms with Crippen LogP contribution in [0.25, 0.3) is 22.9 Å². The standard InChI is InChI=1S/C23H20N8O2S/c32-20-18(27-23(33)29-20)9-15-11-25-31-19(15)28-21(30-22(31)26-16-5-6-16)24-10-13-3-1-2-4-17(13)14-7-8-34-12-14/h1-4,7-9,11-12,16H,5-6,10H2,(H2,24,26,28,30)(H2,27,29,32,33)/b18-9-. The van der Waals surface area contributed by atoms with Gasteiger partial charge < -0.3 is 16.0 Å². The maximum Gasteiger partial charge on any atom is 0.326 e. The van der Waals surface area contributed by atoms with Gasteiger partial charge in [0.2, 0.25) is 11.9 Å². The van der Waals surface area contributed by atoms with Crippen molar-refractivity contribution in [3.05, 3.63) is 64.1 Å². The lowest BCUT2D eigenvalue weighted by Gasteiger charge is -2.12. The van der Waals surface area contributed by atoms with E-state index in [0.717, 1.165) is 24.0 Å². The fraction of sp³-hybridized carbons (Fsp3) is 0.174. The fourth-order valence-electron chi connectivity index (χ4n) is 3.77. The first-order valence-electron chi connectivity index (χ1n) is 10.8. The smallest absolute Gasteiger partial charge is 0.326 e. The van der Waals surface area contributed by atoms with Crippen molar-refractivity contribution in [2.24, 2.45) is 0 Å². The molecule has 1 saturated heterocycles. The van der Waals surface area contributed by atoms with Crippen molar-refractivity contribution >= 4 is 46.9 Å². The molecule has 10 nitrogen and oxygen atoms in total. The second-order valence-corrected chi connectivity index (χ2v) is 8.89. The van der Waals surface area contributed by atoms with Crippen LogP contribution in [-0.4, -0.2) is 37.6 Å². The van der Waals surface area contributed by atoms with E-state index < -0.39 is 11.9 Å². The highest BCUT2D eigenvalue weighted by Crippen LogP contribution is 2.28. The number of rotatable bonds is 7. The first-order valence-corrected chi connectivity index (χ1v) is 11.8. The highest BCUT2D eigenvalue weighted by atomic mass is 32.1. The van der Waals surface area contributed by atoms with Gasteiger partial charge in [0.25, 0.3) is 5.91 Å². The van der Waals surface area contributed by atoms with Gasteiger partial charge in [0.05, 0.1) is 6.20 Å². The van der Waals surface area contributed by atoms with E-state index in [4.69, 9.17) is 0 Å². The molecular formula is C23H20N8O2S. The second-order valence-electron chi connectivity index (χ2n) is 8.11. The Bertz CT molecular complexity index is 1440. The monoisotopic (exact) mass is 472 g/mol. The molecule has 4 heterocycles. The Morgan fingerprint density at radius 1 is 1.15 bits per heavy atom. The minimum Gasteiger partial charge on any atom is -0.351 e. The molecule has 11 heteroatoms. The van der Waals surface area contributed by atoms with Crippen LogP contribution in [0.4, 0.5) is 16.7 Å². The molecule has 0 unspecified atom stereocenters. The SMILES string of the molecule is O=C1NC(=O)/C(=C/c2cnn3c(NC4CC4)nc(NCc4ccccc4-c4ccsc4)nc23)N1. The van der Waals surface area contributed by atoms with E-state index in [0.29, 0.717) is 35.7 Å². The second kappa shape index (κ2) is 8.27. The number of nitrogens with zero attached hydrogens (tertiary/aromatic N) is 4. The Hall–Kier alpha value is -4.25. The summed E-state index contributed by atoms with van der Waals surface area (Å²) in [5, 5.41) is 20.0. The van der Waals surface area contributed by atoms with Gasteiger partial charge in [-0.25, -0.2) is 4.79 Å². The number of fused-ring (bicyclic) bond motifs is 1. The van der Waals surface area contributed by atoms with Gasteiger partial charge in [-0.3, -0.25) is 10.1 Å². The number of aromatic nitrogens is 4. The highest BCUT2D eigenvalue weighted by molar-refractivity contribution is 7.08. The summed E-state index contributed by atoms with van der Waals surface area (Å²) in [6, 6.07) is 10.1. The largest absolute Gasteiger partial charge is 0.351 e. The predicted octanol–water partition coefficient (Wildman–Crippen LogP) is 3.22. The van der Waals surface area contributed by atoms with E-state index in [9.17, 15) is 9.59 Å². The number of amides is 3. The summed E-state index contributed by atoms with van der Waals surface area (Å²) in [5.41, 5.74) is 4.73. The number of urea groups is 1. The molecule has 0 atom stereocenters. The summed E-state index contributed by atoms with van der Waals surface area (Å²) in [6.07, 6.45) is 5.31. The molecule has 34 heavy (non-hydrogen) atoms. The van der Waals surface area contributed by atoms with Crippen LogP contribution in [0.5, 0.6) is 0 Å². The fourth-order valence-corrected chi connectivity index (χ4v) is 4.42. The Morgan fingerprint density at radius 3 is 2.79 bits per heavy atom. The van der Waals surface area contributed by atoms with Crippen molar-refractivity contribution in [3.8, 4) is 11.1 Å². The molecule has 3 aromatic heterocycles. The van der Waals surface area contributed by atoms with Crippen LogP contribution in [0, 0.1) is 0 Å². The Kier molecular flexibility index (Phi) is 4.95. The van der Waals surface area contributed by atoms with Gasteiger partial charge in [0, 0.05) is 18.2 Å². The number of hydrogen-bond donors (Lipinski definition) is 4. The van der Waals surface area contributed by atoms with Crippen LogP contribution in [0.1, 0.15) is 24.0 Å². The number of carbonyl (C=O) groups is 2. The molecule has 3 amide bonds. The first kappa shape index (κ1) is 20.4. The molecule has 2 aliphatic rings. The number of imide groups is 1. The molecular weight excluding hydrogens is 452 g/mol. The third-order valence-electron chi connectivity index (χ3n) is 5.61. The number of anilines is 2. The lowest BCUT2D eigenvalue weighted by Crippen LogP contribution is -2.22. The van der Waals surface area contributed by atoms with Gasteiger partial charge in [0.15, 0.2) is 5.65 Å². The van der Waals surface area contributed by atoms with Gasteiger partial charge >= 0.3 is 6.03 Å². The zero-order valence-electron chi connectivity index (χ0n) is 17.9. The van der Waals surface area contributed by atoms with Crippen molar-refractivity contribution in [1.29, 1.82) is 0 Å². The lowest BCUT2D eigenvalue weighted by atomic mass is 10.0. The van der Waals surface area contributed by atoms with E-state index >= 15 is 0 Å². The highest BCUT2D eigenvalue weighted by Gasteiger charge is 2.26. The predicted molar refractivity (Wildman–Crippen MR) is 129 cm³/mol. The average molecular weight is 473 g/mol. The van der Waals surface area contributed by atoms with E-state index in [2.05, 4.69) is 65.3 Å². The quantitative estimate of drug-likeness (QED) is 0.240. The summed E-state index contributed by atoms with van der Waals surface area (Å²) in [5.74, 6) is 0.527. The number of benzene rings is 1. The molecule has 2 fully saturated rings. The van der Waals surface area contributed by atoms with E-state index in [-0.39, 0.29) is 5.70 Å². The third-order valence-corrected chi connectivity index (χ3v) is 6.30. The van der Waals surface area contributed by atoms with Gasteiger partial charge in [-0.05, 0) is 52.4 Å². The maximum atomic E-state index is 12.0. The Morgan fingerprint density at radius 2 is 2.03 bits per heavy atom. The summed E-state index contributed by atoms with van der Waals surface area (Å²) in [6.45, 7) is 0.536. The van der Waals surface area contributed by atoms with Crippen LogP contribution in [0.15, 0.2) is 53.0 Å². The molecule has 1 saturated carbocycles. The van der Waals surface area contributed by atoms with E-state index in [1.807, 2.05) is 12.1 Å². The summed E-state index contributed by atoms with van der Waals surface area (Å²) in [7, 11) is 0. The van der Waals surface area contributed by atoms with Crippen molar-refractivity contribution in [2.45, 2.75) is 25.4 Å². The molecule has 4 aromatic rings. The van der Waals surface area contributed by atoms with E-state index in [1.165, 1.54) is 5.56 Å². The average Bonchev–Trinajstić information content (AvgIpc) is 3.20. The van der Waals surface area contributed by atoms with Crippen LogP contribution >= 0.6 is 11.3 Å². The summed E-state index contributed by atoms with van der Waals surface area (Å²) in [4.78, 5) is 32.8. The van der Waals surface area contributed by atoms with Gasteiger partial charge in [-0.1, -0.05) is 24.3 Å². The lowest BCUT2D eigenvalue weighted by molar-refractivity contribution is -0.115. The normalized spacial score (nSPS) is 16.6. The first-order chi connectivity index (χ1) is 16.6. The number of carbonyl (C=O) groups excluding carboxylic acids is 2. The van der Waals surface area contributed by atoms with Gasteiger partial charge in [-0.15, -0.1) is 0 Å². The molecule has 1 aliphatic carbocycles. The van der Waals surface area contributed by atoms with Crippen LogP contribution in [0.3, 0.4) is 0 Å². The number of hydrogen-bond acceptors (Lipinski definition) is 8. The number of nitrogens with one attached hydrogen (secondary N) is 4. The number of thiophene rings is 1. The molecule has 0 bridgehead atoms. The van der Waals surface area contributed by atoms with Crippen molar-refractivity contribution in [1.82, 2.24) is 30.2 Å². The molecule has 1 aliphatic heterocycles. The minimum absolute atomic E-state index is 0.148. The summed E-state index contributed by atoms with van der Waals surface area (Å²) < 4.78 is 1.61. The van der Waals surface area contributed by atoms with E-state index in [1.54, 1.807) is 28.1 Å². The third kappa shape index (κ3) is 3.97. The zero-order chi connectivity index (χ0) is 23.1. The minimum atomic E-state index is -0.551. The maximum absolute atomic E-state index is 12.0. The molecule has 4 N–H and O–H groups in total. The van der Waals surface area contributed by atoms with Gasteiger partial charge in [0.1, 0.15) is 5.70 Å². The molecule has 170 valence electrons. The van der Waals surface area contributed by atoms with Crippen LogP contribution < -0.4 is 21.3 Å². The Labute approximate surface area is 198 Å². The molecule has 0 radical (unpaired) electrons. The van der Waals surface area contributed by atoms with Crippen LogP contribution in [0.2, 0.25) is 0 Å². The van der Waals surface area contributed by atoms with Crippen molar-refractivity contribution < 1.29 is 9.59 Å².